The molecule has 2 amide bonds. The molecule has 6 nitrogen and oxygen atoms in total. The zero-order valence-electron chi connectivity index (χ0n) is 18.0. The fraction of sp³-hybridized carbons (Fsp3) is 0.120. The van der Waals surface area contributed by atoms with Crippen molar-refractivity contribution >= 4 is 35.2 Å². The highest BCUT2D eigenvalue weighted by Gasteiger charge is 2.10. The number of carbonyl (C=O) groups is 2. The topological polar surface area (TPSA) is 76.7 Å². The maximum absolute atomic E-state index is 13.0. The molecule has 8 heteroatoms. The Morgan fingerprint density at radius 2 is 1.79 bits per heavy atom. The Kier molecular flexibility index (Phi) is 8.05. The Bertz CT molecular complexity index is 1180. The van der Waals surface area contributed by atoms with Crippen LogP contribution in [0, 0.1) is 5.82 Å². The van der Waals surface area contributed by atoms with Crippen LogP contribution in [0.4, 0.5) is 10.1 Å². The lowest BCUT2D eigenvalue weighted by Crippen LogP contribution is -2.20. The smallest absolute Gasteiger partial charge is 0.255 e. The predicted molar refractivity (Wildman–Crippen MR) is 126 cm³/mol. The van der Waals surface area contributed by atoms with E-state index < -0.39 is 5.82 Å². The number of hydrogen-bond donors (Lipinski definition) is 2. The van der Waals surface area contributed by atoms with Crippen molar-refractivity contribution in [3.8, 4) is 11.5 Å². The first-order valence-electron chi connectivity index (χ1n) is 9.93. The number of hydrogen-bond acceptors (Lipinski definition) is 4. The summed E-state index contributed by atoms with van der Waals surface area (Å²) in [6.07, 6.45) is 3.00. The van der Waals surface area contributed by atoms with Crippen molar-refractivity contribution in [2.45, 2.75) is 6.54 Å². The molecule has 0 radical (unpaired) electrons. The van der Waals surface area contributed by atoms with E-state index in [1.807, 2.05) is 6.07 Å². The quantitative estimate of drug-likeness (QED) is 0.452. The molecule has 3 rings (SSSR count). The highest BCUT2D eigenvalue weighted by Crippen LogP contribution is 2.36. The minimum absolute atomic E-state index is 0.260. The lowest BCUT2D eigenvalue weighted by Gasteiger charge is -2.10. The number of anilines is 1. The summed E-state index contributed by atoms with van der Waals surface area (Å²) in [5.74, 6) is -0.182. The van der Waals surface area contributed by atoms with Crippen LogP contribution in [0.2, 0.25) is 5.02 Å². The SMILES string of the molecule is COc1cc(/C=C/C(=O)NCc2cccc(NC(=O)c3ccc(F)cc3)c2)cc(Cl)c1OC. The van der Waals surface area contributed by atoms with Gasteiger partial charge in [0.25, 0.3) is 5.91 Å². The second kappa shape index (κ2) is 11.2. The maximum atomic E-state index is 13.0. The number of rotatable bonds is 8. The molecule has 0 aliphatic rings. The van der Waals surface area contributed by atoms with E-state index in [1.165, 1.54) is 44.6 Å². The van der Waals surface area contributed by atoms with Crippen LogP contribution in [0.25, 0.3) is 6.08 Å². The number of ether oxygens (including phenoxy) is 2. The van der Waals surface area contributed by atoms with Crippen LogP contribution in [-0.2, 0) is 11.3 Å². The molecule has 170 valence electrons. The molecule has 0 saturated heterocycles. The van der Waals surface area contributed by atoms with Crippen molar-refractivity contribution in [1.29, 1.82) is 0 Å². The minimum Gasteiger partial charge on any atom is -0.493 e. The molecule has 0 aliphatic carbocycles. The second-order valence-corrected chi connectivity index (χ2v) is 7.36. The fourth-order valence-electron chi connectivity index (χ4n) is 3.02. The van der Waals surface area contributed by atoms with Gasteiger partial charge in [-0.3, -0.25) is 9.59 Å². The molecular weight excluding hydrogens is 447 g/mol. The van der Waals surface area contributed by atoms with E-state index in [0.717, 1.165) is 5.56 Å². The molecule has 0 fully saturated rings. The first-order chi connectivity index (χ1) is 15.9. The van der Waals surface area contributed by atoms with Crippen molar-refractivity contribution in [1.82, 2.24) is 5.32 Å². The Hall–Kier alpha value is -3.84. The summed E-state index contributed by atoms with van der Waals surface area (Å²) in [6.45, 7) is 0.260. The molecule has 0 saturated carbocycles. The maximum Gasteiger partial charge on any atom is 0.255 e. The van der Waals surface area contributed by atoms with E-state index in [0.29, 0.717) is 33.3 Å². The monoisotopic (exact) mass is 468 g/mol. The number of benzene rings is 3. The number of amides is 2. The second-order valence-electron chi connectivity index (χ2n) is 6.95. The van der Waals surface area contributed by atoms with E-state index in [-0.39, 0.29) is 18.4 Å². The first kappa shape index (κ1) is 23.8. The molecule has 0 unspecified atom stereocenters. The lowest BCUT2D eigenvalue weighted by atomic mass is 10.1. The zero-order chi connectivity index (χ0) is 23.8. The van der Waals surface area contributed by atoms with Gasteiger partial charge in [-0.1, -0.05) is 23.7 Å². The van der Waals surface area contributed by atoms with Crippen LogP contribution in [0.3, 0.4) is 0 Å². The lowest BCUT2D eigenvalue weighted by molar-refractivity contribution is -0.116. The molecule has 0 aromatic heterocycles. The van der Waals surface area contributed by atoms with E-state index in [9.17, 15) is 14.0 Å². The molecule has 0 bridgehead atoms. The van der Waals surface area contributed by atoms with Crippen LogP contribution in [0.5, 0.6) is 11.5 Å². The van der Waals surface area contributed by atoms with Crippen molar-refractivity contribution in [3.05, 3.63) is 94.3 Å². The van der Waals surface area contributed by atoms with Crippen LogP contribution >= 0.6 is 11.6 Å². The molecule has 0 spiro atoms. The summed E-state index contributed by atoms with van der Waals surface area (Å²) in [7, 11) is 3.00. The molecular formula is C25H22ClFN2O4. The van der Waals surface area contributed by atoms with Gasteiger partial charge in [0.15, 0.2) is 11.5 Å². The molecule has 2 N–H and O–H groups in total. The van der Waals surface area contributed by atoms with Crippen molar-refractivity contribution < 1.29 is 23.5 Å². The molecule has 0 atom stereocenters. The number of nitrogens with one attached hydrogen (secondary N) is 2. The molecule has 33 heavy (non-hydrogen) atoms. The third kappa shape index (κ3) is 6.57. The third-order valence-electron chi connectivity index (χ3n) is 4.64. The summed E-state index contributed by atoms with van der Waals surface area (Å²) < 4.78 is 23.5. The van der Waals surface area contributed by atoms with Gasteiger partial charge in [-0.25, -0.2) is 4.39 Å². The van der Waals surface area contributed by atoms with E-state index in [4.69, 9.17) is 21.1 Å². The van der Waals surface area contributed by atoms with Gasteiger partial charge in [-0.15, -0.1) is 0 Å². The van der Waals surface area contributed by atoms with E-state index >= 15 is 0 Å². The predicted octanol–water partition coefficient (Wildman–Crippen LogP) is 5.08. The van der Waals surface area contributed by atoms with Crippen molar-refractivity contribution in [3.63, 3.8) is 0 Å². The average Bonchev–Trinajstić information content (AvgIpc) is 2.81. The standard InChI is InChI=1S/C25H22ClFN2O4/c1-32-22-14-16(13-21(26)24(22)33-2)6-11-23(30)28-15-17-4-3-5-20(12-17)29-25(31)18-7-9-19(27)10-8-18/h3-14H,15H2,1-2H3,(H,28,30)(H,29,31)/b11-6+. The summed E-state index contributed by atoms with van der Waals surface area (Å²) in [5, 5.41) is 5.91. The summed E-state index contributed by atoms with van der Waals surface area (Å²) >= 11 is 6.18. The van der Waals surface area contributed by atoms with Crippen molar-refractivity contribution in [2.24, 2.45) is 0 Å². The molecule has 0 aliphatic heterocycles. The fourth-order valence-corrected chi connectivity index (χ4v) is 3.31. The Morgan fingerprint density at radius 3 is 2.48 bits per heavy atom. The van der Waals surface area contributed by atoms with E-state index in [2.05, 4.69) is 10.6 Å². The summed E-state index contributed by atoms with van der Waals surface area (Å²) in [6, 6.07) is 15.7. The number of methoxy groups -OCH3 is 2. The van der Waals surface area contributed by atoms with Crippen molar-refractivity contribution in [2.75, 3.05) is 19.5 Å². The summed E-state index contributed by atoms with van der Waals surface area (Å²) in [5.41, 5.74) is 2.38. The van der Waals surface area contributed by atoms with Gasteiger partial charge in [0, 0.05) is 23.9 Å². The first-order valence-corrected chi connectivity index (χ1v) is 10.3. The van der Waals surface area contributed by atoms with Crippen LogP contribution in [-0.4, -0.2) is 26.0 Å². The zero-order valence-corrected chi connectivity index (χ0v) is 18.8. The Balaban J connectivity index is 1.59. The Morgan fingerprint density at radius 1 is 1.03 bits per heavy atom. The average molecular weight is 469 g/mol. The minimum atomic E-state index is -0.410. The van der Waals surface area contributed by atoms with Gasteiger partial charge in [0.1, 0.15) is 5.82 Å². The van der Waals surface area contributed by atoms with Gasteiger partial charge >= 0.3 is 0 Å². The molecule has 3 aromatic rings. The molecule has 0 heterocycles. The number of carbonyl (C=O) groups excluding carboxylic acids is 2. The van der Waals surface area contributed by atoms with E-state index in [1.54, 1.807) is 36.4 Å². The normalized spacial score (nSPS) is 10.7. The number of halogens is 2. The third-order valence-corrected chi connectivity index (χ3v) is 4.92. The largest absolute Gasteiger partial charge is 0.493 e. The van der Waals surface area contributed by atoms with Gasteiger partial charge in [-0.05, 0) is 65.7 Å². The summed E-state index contributed by atoms with van der Waals surface area (Å²) in [4.78, 5) is 24.5. The van der Waals surface area contributed by atoms with Crippen LogP contribution in [0.15, 0.2) is 66.7 Å². The Labute approximate surface area is 196 Å². The highest BCUT2D eigenvalue weighted by atomic mass is 35.5. The van der Waals surface area contributed by atoms with Crippen LogP contribution in [0.1, 0.15) is 21.5 Å². The van der Waals surface area contributed by atoms with Crippen LogP contribution < -0.4 is 20.1 Å². The van der Waals surface area contributed by atoms with Gasteiger partial charge in [-0.2, -0.15) is 0 Å². The van der Waals surface area contributed by atoms with Gasteiger partial charge < -0.3 is 20.1 Å². The van der Waals surface area contributed by atoms with Gasteiger partial charge in [0.2, 0.25) is 5.91 Å². The molecule has 3 aromatic carbocycles. The highest BCUT2D eigenvalue weighted by molar-refractivity contribution is 6.32. The van der Waals surface area contributed by atoms with Gasteiger partial charge in [0.05, 0.1) is 19.2 Å².